The Labute approximate surface area is 107 Å². The molecule has 0 unspecified atom stereocenters. The van der Waals surface area contributed by atoms with Crippen LogP contribution in [0.4, 0.5) is 0 Å². The Bertz CT molecular complexity index is 198. The van der Waals surface area contributed by atoms with Crippen LogP contribution in [0, 0.1) is 11.3 Å². The standard InChI is InChI=1S/C12H25N3.C2H6/c1-12(2)10-14-4-3-11(12)9-15-7-5-13-6-8-15;1-2/h11,13-14H,3-10H2,1-2H3;1-2H3/t11-;/m0./s1. The van der Waals surface area contributed by atoms with Crippen molar-refractivity contribution in [1.29, 1.82) is 0 Å². The molecule has 0 aromatic carbocycles. The first-order chi connectivity index (χ1) is 8.18. The predicted octanol–water partition coefficient (Wildman–Crippen LogP) is 1.55. The number of nitrogens with zero attached hydrogens (tertiary/aromatic N) is 1. The van der Waals surface area contributed by atoms with Crippen LogP contribution in [0.5, 0.6) is 0 Å². The average Bonchev–Trinajstić information content (AvgIpc) is 2.36. The highest BCUT2D eigenvalue weighted by Crippen LogP contribution is 2.32. The van der Waals surface area contributed by atoms with Gasteiger partial charge in [-0.2, -0.15) is 0 Å². The summed E-state index contributed by atoms with van der Waals surface area (Å²) in [4.78, 5) is 2.63. The largest absolute Gasteiger partial charge is 0.316 e. The lowest BCUT2D eigenvalue weighted by atomic mass is 9.74. The van der Waals surface area contributed by atoms with Gasteiger partial charge in [0.15, 0.2) is 0 Å². The van der Waals surface area contributed by atoms with E-state index >= 15 is 0 Å². The monoisotopic (exact) mass is 241 g/mol. The lowest BCUT2D eigenvalue weighted by Gasteiger charge is -2.42. The van der Waals surface area contributed by atoms with Gasteiger partial charge in [-0.1, -0.05) is 27.7 Å². The van der Waals surface area contributed by atoms with E-state index in [2.05, 4.69) is 29.4 Å². The molecule has 1 atom stereocenters. The van der Waals surface area contributed by atoms with Gasteiger partial charge in [-0.25, -0.2) is 0 Å². The molecular formula is C14H31N3. The Morgan fingerprint density at radius 2 is 1.71 bits per heavy atom. The molecule has 2 saturated heterocycles. The molecule has 3 heteroatoms. The number of hydrogen-bond acceptors (Lipinski definition) is 3. The van der Waals surface area contributed by atoms with E-state index in [0.29, 0.717) is 5.41 Å². The SMILES string of the molecule is CC.CC1(C)CNCC[C@H]1CN1CCNCC1. The van der Waals surface area contributed by atoms with Gasteiger partial charge in [0.1, 0.15) is 0 Å². The van der Waals surface area contributed by atoms with Crippen LogP contribution in [0.1, 0.15) is 34.1 Å². The van der Waals surface area contributed by atoms with E-state index < -0.39 is 0 Å². The molecule has 17 heavy (non-hydrogen) atoms. The number of rotatable bonds is 2. The Kier molecular flexibility index (Phi) is 6.45. The fourth-order valence-electron chi connectivity index (χ4n) is 2.77. The van der Waals surface area contributed by atoms with Crippen molar-refractivity contribution < 1.29 is 0 Å². The molecule has 2 N–H and O–H groups in total. The molecular weight excluding hydrogens is 210 g/mol. The first-order valence-electron chi connectivity index (χ1n) is 7.32. The van der Waals surface area contributed by atoms with Gasteiger partial charge in [0.25, 0.3) is 0 Å². The van der Waals surface area contributed by atoms with Crippen LogP contribution in [0.15, 0.2) is 0 Å². The van der Waals surface area contributed by atoms with Crippen LogP contribution < -0.4 is 10.6 Å². The highest BCUT2D eigenvalue weighted by atomic mass is 15.2. The van der Waals surface area contributed by atoms with Gasteiger partial charge in [-0.3, -0.25) is 0 Å². The van der Waals surface area contributed by atoms with Crippen LogP contribution in [0.3, 0.4) is 0 Å². The fourth-order valence-corrected chi connectivity index (χ4v) is 2.77. The summed E-state index contributed by atoms with van der Waals surface area (Å²) in [5.74, 6) is 0.872. The molecule has 0 bridgehead atoms. The van der Waals surface area contributed by atoms with Crippen LogP contribution in [-0.4, -0.2) is 50.7 Å². The Balaban J connectivity index is 0.000000686. The Hall–Kier alpha value is -0.120. The maximum Gasteiger partial charge on any atom is 0.0107 e. The van der Waals surface area contributed by atoms with Gasteiger partial charge in [0, 0.05) is 39.3 Å². The third-order valence-electron chi connectivity index (χ3n) is 4.04. The maximum absolute atomic E-state index is 3.51. The number of hydrogen-bond donors (Lipinski definition) is 2. The van der Waals surface area contributed by atoms with E-state index in [9.17, 15) is 0 Å². The van der Waals surface area contributed by atoms with E-state index in [4.69, 9.17) is 0 Å². The summed E-state index contributed by atoms with van der Waals surface area (Å²) in [5.41, 5.74) is 0.475. The van der Waals surface area contributed by atoms with Crippen molar-refractivity contribution in [1.82, 2.24) is 15.5 Å². The summed E-state index contributed by atoms with van der Waals surface area (Å²) in [6.07, 6.45) is 1.34. The second-order valence-electron chi connectivity index (χ2n) is 5.70. The third-order valence-corrected chi connectivity index (χ3v) is 4.04. The molecule has 3 nitrogen and oxygen atoms in total. The van der Waals surface area contributed by atoms with Crippen molar-refractivity contribution >= 4 is 0 Å². The maximum atomic E-state index is 3.51. The van der Waals surface area contributed by atoms with E-state index in [-0.39, 0.29) is 0 Å². The smallest absolute Gasteiger partial charge is 0.0107 e. The van der Waals surface area contributed by atoms with Gasteiger partial charge < -0.3 is 15.5 Å². The van der Waals surface area contributed by atoms with Crippen molar-refractivity contribution in [3.05, 3.63) is 0 Å². The zero-order valence-electron chi connectivity index (χ0n) is 12.2. The molecule has 0 aromatic rings. The molecule has 0 radical (unpaired) electrons. The minimum Gasteiger partial charge on any atom is -0.316 e. The van der Waals surface area contributed by atoms with Crippen molar-refractivity contribution in [3.8, 4) is 0 Å². The molecule has 102 valence electrons. The summed E-state index contributed by atoms with van der Waals surface area (Å²) in [5, 5.41) is 6.93. The van der Waals surface area contributed by atoms with Gasteiger partial charge in [0.05, 0.1) is 0 Å². The summed E-state index contributed by atoms with van der Waals surface area (Å²) < 4.78 is 0. The molecule has 2 fully saturated rings. The van der Waals surface area contributed by atoms with Crippen molar-refractivity contribution in [2.24, 2.45) is 11.3 Å². The Morgan fingerprint density at radius 1 is 1.06 bits per heavy atom. The van der Waals surface area contributed by atoms with Crippen molar-refractivity contribution in [3.63, 3.8) is 0 Å². The molecule has 0 amide bonds. The van der Waals surface area contributed by atoms with Crippen LogP contribution in [0.25, 0.3) is 0 Å². The zero-order chi connectivity index (χ0) is 12.7. The molecule has 0 aliphatic carbocycles. The second-order valence-corrected chi connectivity index (χ2v) is 5.70. The molecule has 0 aromatic heterocycles. The van der Waals surface area contributed by atoms with Gasteiger partial charge in [-0.05, 0) is 24.3 Å². The summed E-state index contributed by atoms with van der Waals surface area (Å²) in [6, 6.07) is 0. The molecule has 0 saturated carbocycles. The topological polar surface area (TPSA) is 27.3 Å². The number of piperidine rings is 1. The summed E-state index contributed by atoms with van der Waals surface area (Å²) >= 11 is 0. The van der Waals surface area contributed by atoms with E-state index in [1.807, 2.05) is 13.8 Å². The van der Waals surface area contributed by atoms with E-state index in [1.54, 1.807) is 0 Å². The number of piperazine rings is 1. The summed E-state index contributed by atoms with van der Waals surface area (Å²) in [6.45, 7) is 17.3. The van der Waals surface area contributed by atoms with E-state index in [1.165, 1.54) is 52.2 Å². The highest BCUT2D eigenvalue weighted by Gasteiger charge is 2.33. The average molecular weight is 241 g/mol. The first kappa shape index (κ1) is 14.9. The van der Waals surface area contributed by atoms with Crippen LogP contribution in [0.2, 0.25) is 0 Å². The quantitative estimate of drug-likeness (QED) is 0.768. The normalized spacial score (nSPS) is 29.3. The molecule has 2 aliphatic rings. The minimum absolute atomic E-state index is 0.475. The lowest BCUT2D eigenvalue weighted by Crippen LogP contribution is -2.51. The van der Waals surface area contributed by atoms with E-state index in [0.717, 1.165) is 5.92 Å². The summed E-state index contributed by atoms with van der Waals surface area (Å²) in [7, 11) is 0. The minimum atomic E-state index is 0.475. The van der Waals surface area contributed by atoms with Crippen molar-refractivity contribution in [2.45, 2.75) is 34.1 Å². The fraction of sp³-hybridized carbons (Fsp3) is 1.00. The van der Waals surface area contributed by atoms with Gasteiger partial charge in [0.2, 0.25) is 0 Å². The molecule has 2 aliphatic heterocycles. The molecule has 0 spiro atoms. The van der Waals surface area contributed by atoms with Crippen LogP contribution in [-0.2, 0) is 0 Å². The van der Waals surface area contributed by atoms with Gasteiger partial charge in [-0.15, -0.1) is 0 Å². The van der Waals surface area contributed by atoms with Gasteiger partial charge >= 0.3 is 0 Å². The van der Waals surface area contributed by atoms with Crippen LogP contribution >= 0.6 is 0 Å². The molecule has 2 heterocycles. The third kappa shape index (κ3) is 4.57. The lowest BCUT2D eigenvalue weighted by molar-refractivity contribution is 0.0955. The molecule has 2 rings (SSSR count). The first-order valence-corrected chi connectivity index (χ1v) is 7.32. The number of nitrogens with one attached hydrogen (secondary N) is 2. The Morgan fingerprint density at radius 3 is 2.29 bits per heavy atom. The highest BCUT2D eigenvalue weighted by molar-refractivity contribution is 4.87. The zero-order valence-corrected chi connectivity index (χ0v) is 12.2. The second kappa shape index (κ2) is 7.34. The predicted molar refractivity (Wildman–Crippen MR) is 75.4 cm³/mol. The van der Waals surface area contributed by atoms with Crippen molar-refractivity contribution in [2.75, 3.05) is 45.8 Å².